The fraction of sp³-hybridized carbons (Fsp3) is 0.368. The van der Waals surface area contributed by atoms with Crippen LogP contribution in [0.5, 0.6) is 5.75 Å². The number of fused-ring (bicyclic) bond motifs is 1. The summed E-state index contributed by atoms with van der Waals surface area (Å²) in [5.74, 6) is 0.812. The summed E-state index contributed by atoms with van der Waals surface area (Å²) < 4.78 is 32.9. The van der Waals surface area contributed by atoms with Gasteiger partial charge in [0, 0.05) is 39.1 Å². The normalized spacial score (nSPS) is 18.7. The van der Waals surface area contributed by atoms with Gasteiger partial charge in [-0.1, -0.05) is 30.3 Å². The van der Waals surface area contributed by atoms with E-state index in [-0.39, 0.29) is 0 Å². The van der Waals surface area contributed by atoms with Crippen molar-refractivity contribution < 1.29 is 13.2 Å². The van der Waals surface area contributed by atoms with Gasteiger partial charge in [0.1, 0.15) is 5.75 Å². The van der Waals surface area contributed by atoms with Crippen LogP contribution in [0.15, 0.2) is 53.4 Å². The van der Waals surface area contributed by atoms with Gasteiger partial charge in [0.05, 0.1) is 11.5 Å². The van der Waals surface area contributed by atoms with Crippen LogP contribution in [0.4, 0.5) is 0 Å². The van der Waals surface area contributed by atoms with Crippen molar-refractivity contribution in [3.05, 3.63) is 59.7 Å². The van der Waals surface area contributed by atoms with Gasteiger partial charge in [-0.2, -0.15) is 4.31 Å². The molecule has 4 rings (SSSR count). The molecule has 0 saturated carbocycles. The molecule has 2 aromatic carbocycles. The van der Waals surface area contributed by atoms with Crippen molar-refractivity contribution in [2.75, 3.05) is 32.8 Å². The average molecular weight is 358 g/mol. The highest BCUT2D eigenvalue weighted by Crippen LogP contribution is 2.29. The van der Waals surface area contributed by atoms with Crippen molar-refractivity contribution in [3.8, 4) is 5.75 Å². The predicted octanol–water partition coefficient (Wildman–Crippen LogP) is 2.13. The highest BCUT2D eigenvalue weighted by atomic mass is 32.2. The van der Waals surface area contributed by atoms with Gasteiger partial charge in [-0.3, -0.25) is 4.90 Å². The van der Waals surface area contributed by atoms with E-state index in [4.69, 9.17) is 4.74 Å². The molecule has 0 bridgehead atoms. The first-order chi connectivity index (χ1) is 12.1. The Bertz CT molecular complexity index is 844. The van der Waals surface area contributed by atoms with Gasteiger partial charge in [-0.05, 0) is 29.3 Å². The first-order valence-corrected chi connectivity index (χ1v) is 10.1. The third-order valence-corrected chi connectivity index (χ3v) is 6.77. The molecule has 0 amide bonds. The van der Waals surface area contributed by atoms with E-state index in [0.717, 1.165) is 37.4 Å². The smallest absolute Gasteiger partial charge is 0.243 e. The SMILES string of the molecule is O=S(=O)(c1ccc2c(c1)CCO2)N1CCN(Cc2ccccc2)CC1. The van der Waals surface area contributed by atoms with Crippen LogP contribution in [-0.2, 0) is 23.0 Å². The fourth-order valence-electron chi connectivity index (χ4n) is 3.44. The van der Waals surface area contributed by atoms with Crippen LogP contribution in [0.1, 0.15) is 11.1 Å². The lowest BCUT2D eigenvalue weighted by atomic mass is 10.2. The Kier molecular flexibility index (Phi) is 4.50. The summed E-state index contributed by atoms with van der Waals surface area (Å²) in [7, 11) is -3.43. The van der Waals surface area contributed by atoms with Crippen LogP contribution in [0.2, 0.25) is 0 Å². The molecule has 1 saturated heterocycles. The second-order valence-electron chi connectivity index (χ2n) is 6.53. The molecule has 0 radical (unpaired) electrons. The molecule has 5 nitrogen and oxygen atoms in total. The third-order valence-electron chi connectivity index (χ3n) is 4.88. The van der Waals surface area contributed by atoms with E-state index in [1.807, 2.05) is 18.2 Å². The van der Waals surface area contributed by atoms with E-state index in [0.29, 0.717) is 24.6 Å². The number of nitrogens with zero attached hydrogens (tertiary/aromatic N) is 2. The summed E-state index contributed by atoms with van der Waals surface area (Å²) in [6.07, 6.45) is 0.781. The number of ether oxygens (including phenoxy) is 1. The number of piperazine rings is 1. The van der Waals surface area contributed by atoms with E-state index in [1.54, 1.807) is 22.5 Å². The Balaban J connectivity index is 1.43. The summed E-state index contributed by atoms with van der Waals surface area (Å²) in [6.45, 7) is 4.07. The van der Waals surface area contributed by atoms with Crippen LogP contribution in [-0.4, -0.2) is 50.4 Å². The van der Waals surface area contributed by atoms with Crippen molar-refractivity contribution in [1.29, 1.82) is 0 Å². The lowest BCUT2D eigenvalue weighted by molar-refractivity contribution is 0.181. The van der Waals surface area contributed by atoms with E-state index >= 15 is 0 Å². The largest absolute Gasteiger partial charge is 0.493 e. The van der Waals surface area contributed by atoms with Crippen LogP contribution >= 0.6 is 0 Å². The maximum absolute atomic E-state index is 12.9. The first kappa shape index (κ1) is 16.6. The summed E-state index contributed by atoms with van der Waals surface area (Å²) >= 11 is 0. The summed E-state index contributed by atoms with van der Waals surface area (Å²) in [5, 5.41) is 0. The van der Waals surface area contributed by atoms with E-state index in [2.05, 4.69) is 17.0 Å². The van der Waals surface area contributed by atoms with Crippen molar-refractivity contribution in [2.24, 2.45) is 0 Å². The first-order valence-electron chi connectivity index (χ1n) is 8.65. The molecule has 2 heterocycles. The minimum Gasteiger partial charge on any atom is -0.493 e. The maximum Gasteiger partial charge on any atom is 0.243 e. The van der Waals surface area contributed by atoms with Gasteiger partial charge in [0.15, 0.2) is 0 Å². The maximum atomic E-state index is 12.9. The van der Waals surface area contributed by atoms with Gasteiger partial charge < -0.3 is 4.74 Å². The predicted molar refractivity (Wildman–Crippen MR) is 96.1 cm³/mol. The molecule has 0 aliphatic carbocycles. The van der Waals surface area contributed by atoms with Crippen LogP contribution in [0.25, 0.3) is 0 Å². The van der Waals surface area contributed by atoms with Crippen LogP contribution in [0, 0.1) is 0 Å². The monoisotopic (exact) mass is 358 g/mol. The molecule has 1 fully saturated rings. The quantitative estimate of drug-likeness (QED) is 0.840. The lowest BCUT2D eigenvalue weighted by Gasteiger charge is -2.34. The third kappa shape index (κ3) is 3.42. The highest BCUT2D eigenvalue weighted by molar-refractivity contribution is 7.89. The van der Waals surface area contributed by atoms with E-state index in [9.17, 15) is 8.42 Å². The van der Waals surface area contributed by atoms with Gasteiger partial charge in [-0.15, -0.1) is 0 Å². The molecule has 6 heteroatoms. The highest BCUT2D eigenvalue weighted by Gasteiger charge is 2.29. The standard InChI is InChI=1S/C19H22N2O3S/c22-25(23,18-6-7-19-17(14-18)8-13-24-19)21-11-9-20(10-12-21)15-16-4-2-1-3-5-16/h1-7,14H,8-13,15H2. The molecule has 25 heavy (non-hydrogen) atoms. The molecule has 0 spiro atoms. The Morgan fingerprint density at radius 3 is 2.48 bits per heavy atom. The van der Waals surface area contributed by atoms with Crippen molar-refractivity contribution >= 4 is 10.0 Å². The molecule has 2 aliphatic rings. The molecular weight excluding hydrogens is 336 g/mol. The molecule has 0 N–H and O–H groups in total. The van der Waals surface area contributed by atoms with E-state index in [1.165, 1.54) is 5.56 Å². The number of hydrogen-bond donors (Lipinski definition) is 0. The minimum absolute atomic E-state index is 0.383. The van der Waals surface area contributed by atoms with Crippen molar-refractivity contribution in [2.45, 2.75) is 17.9 Å². The Hall–Kier alpha value is -1.89. The molecule has 0 unspecified atom stereocenters. The molecule has 0 atom stereocenters. The minimum atomic E-state index is -3.43. The zero-order chi connectivity index (χ0) is 17.3. The fourth-order valence-corrected chi connectivity index (χ4v) is 4.92. The number of rotatable bonds is 4. The Morgan fingerprint density at radius 1 is 0.960 bits per heavy atom. The number of sulfonamides is 1. The van der Waals surface area contributed by atoms with E-state index < -0.39 is 10.0 Å². The van der Waals surface area contributed by atoms with Gasteiger partial charge in [0.25, 0.3) is 0 Å². The summed E-state index contributed by atoms with van der Waals surface area (Å²) in [4.78, 5) is 2.69. The van der Waals surface area contributed by atoms with Crippen LogP contribution in [0.3, 0.4) is 0 Å². The number of hydrogen-bond acceptors (Lipinski definition) is 4. The summed E-state index contributed by atoms with van der Waals surface area (Å²) in [6, 6.07) is 15.5. The second-order valence-corrected chi connectivity index (χ2v) is 8.47. The zero-order valence-corrected chi connectivity index (χ0v) is 14.9. The molecule has 0 aromatic heterocycles. The topological polar surface area (TPSA) is 49.9 Å². The molecule has 2 aromatic rings. The number of benzene rings is 2. The molecular formula is C19H22N2O3S. The van der Waals surface area contributed by atoms with Gasteiger partial charge >= 0.3 is 0 Å². The molecule has 2 aliphatic heterocycles. The zero-order valence-electron chi connectivity index (χ0n) is 14.1. The Labute approximate surface area is 148 Å². The molecule has 132 valence electrons. The van der Waals surface area contributed by atoms with Crippen molar-refractivity contribution in [3.63, 3.8) is 0 Å². The van der Waals surface area contributed by atoms with Gasteiger partial charge in [-0.25, -0.2) is 8.42 Å². The summed E-state index contributed by atoms with van der Waals surface area (Å²) in [5.41, 5.74) is 2.25. The lowest BCUT2D eigenvalue weighted by Crippen LogP contribution is -2.48. The van der Waals surface area contributed by atoms with Crippen molar-refractivity contribution in [1.82, 2.24) is 9.21 Å². The van der Waals surface area contributed by atoms with Crippen LogP contribution < -0.4 is 4.74 Å². The second kappa shape index (κ2) is 6.78. The average Bonchev–Trinajstić information content (AvgIpc) is 3.11. The Morgan fingerprint density at radius 2 is 1.72 bits per heavy atom. The van der Waals surface area contributed by atoms with Gasteiger partial charge in [0.2, 0.25) is 10.0 Å².